The van der Waals surface area contributed by atoms with E-state index in [-0.39, 0.29) is 6.04 Å². The highest BCUT2D eigenvalue weighted by Crippen LogP contribution is 2.28. The highest BCUT2D eigenvalue weighted by atomic mass is 16.1. The summed E-state index contributed by atoms with van der Waals surface area (Å²) in [6.07, 6.45) is 7.33. The molecule has 2 fully saturated rings. The second-order valence-corrected chi connectivity index (χ2v) is 4.05. The van der Waals surface area contributed by atoms with Gasteiger partial charge in [-0.05, 0) is 18.8 Å². The largest absolute Gasteiger partial charge is 0.307 e. The van der Waals surface area contributed by atoms with Gasteiger partial charge in [0, 0.05) is 13.0 Å². The lowest BCUT2D eigenvalue weighted by Crippen LogP contribution is -2.36. The highest BCUT2D eigenvalue weighted by Gasteiger charge is 2.31. The van der Waals surface area contributed by atoms with Crippen molar-refractivity contribution in [2.24, 2.45) is 5.92 Å². The minimum Gasteiger partial charge on any atom is -0.307 e. The lowest BCUT2D eigenvalue weighted by atomic mass is 9.83. The van der Waals surface area contributed by atoms with E-state index in [0.717, 1.165) is 13.0 Å². The van der Waals surface area contributed by atoms with Gasteiger partial charge in [0.25, 0.3) is 0 Å². The Kier molecular flexibility index (Phi) is 2.45. The number of nitrogens with one attached hydrogen (secondary N) is 1. The van der Waals surface area contributed by atoms with E-state index in [1.807, 2.05) is 0 Å². The van der Waals surface area contributed by atoms with E-state index in [2.05, 4.69) is 5.32 Å². The van der Waals surface area contributed by atoms with Gasteiger partial charge in [-0.25, -0.2) is 0 Å². The van der Waals surface area contributed by atoms with Crippen LogP contribution in [0.25, 0.3) is 0 Å². The van der Waals surface area contributed by atoms with Crippen LogP contribution in [-0.4, -0.2) is 18.4 Å². The molecule has 0 bridgehead atoms. The molecule has 2 heteroatoms. The molecule has 0 aromatic heterocycles. The second kappa shape index (κ2) is 3.56. The van der Waals surface area contributed by atoms with Crippen LogP contribution in [0.2, 0.25) is 0 Å². The zero-order valence-electron chi connectivity index (χ0n) is 7.51. The molecule has 68 valence electrons. The van der Waals surface area contributed by atoms with E-state index in [1.54, 1.807) is 0 Å². The average molecular weight is 167 g/mol. The monoisotopic (exact) mass is 167 g/mol. The minimum atomic E-state index is 0.227. The van der Waals surface area contributed by atoms with Gasteiger partial charge in [-0.3, -0.25) is 4.79 Å². The third-order valence-corrected chi connectivity index (χ3v) is 3.20. The first-order valence-corrected chi connectivity index (χ1v) is 5.14. The zero-order valence-corrected chi connectivity index (χ0v) is 7.51. The Labute approximate surface area is 73.7 Å². The molecule has 1 atom stereocenters. The maximum absolute atomic E-state index is 11.4. The Bertz CT molecular complexity index is 173. The molecule has 0 aromatic rings. The first-order valence-electron chi connectivity index (χ1n) is 5.14. The molecular formula is C10H17NO. The summed E-state index contributed by atoms with van der Waals surface area (Å²) in [5, 5.41) is 3.33. The third kappa shape index (κ3) is 1.53. The molecule has 0 spiro atoms. The van der Waals surface area contributed by atoms with Crippen LogP contribution in [0.5, 0.6) is 0 Å². The van der Waals surface area contributed by atoms with Crippen molar-refractivity contribution in [3.05, 3.63) is 0 Å². The van der Waals surface area contributed by atoms with Crippen LogP contribution in [-0.2, 0) is 4.79 Å². The van der Waals surface area contributed by atoms with Crippen LogP contribution in [0, 0.1) is 5.92 Å². The normalized spacial score (nSPS) is 32.7. The quantitative estimate of drug-likeness (QED) is 0.641. The van der Waals surface area contributed by atoms with E-state index in [1.165, 1.54) is 32.1 Å². The molecule has 1 N–H and O–H groups in total. The molecule has 1 aliphatic carbocycles. The van der Waals surface area contributed by atoms with Gasteiger partial charge in [0.05, 0.1) is 6.04 Å². The van der Waals surface area contributed by atoms with Crippen LogP contribution in [0.4, 0.5) is 0 Å². The molecule has 2 rings (SSSR count). The van der Waals surface area contributed by atoms with E-state index in [0.29, 0.717) is 11.7 Å². The molecule has 0 radical (unpaired) electrons. The predicted molar refractivity (Wildman–Crippen MR) is 48.0 cm³/mol. The number of hydrogen-bond donors (Lipinski definition) is 1. The smallest absolute Gasteiger partial charge is 0.151 e. The van der Waals surface area contributed by atoms with Crippen molar-refractivity contribution in [2.45, 2.75) is 44.6 Å². The number of hydrogen-bond acceptors (Lipinski definition) is 2. The SMILES string of the molecule is O=C1CCNC1C1CCCCC1. The number of carbonyl (C=O) groups excluding carboxylic acids is 1. The summed E-state index contributed by atoms with van der Waals surface area (Å²) in [5.74, 6) is 1.12. The van der Waals surface area contributed by atoms with Gasteiger partial charge in [-0.15, -0.1) is 0 Å². The summed E-state index contributed by atoms with van der Waals surface area (Å²) < 4.78 is 0. The van der Waals surface area contributed by atoms with Crippen molar-refractivity contribution in [2.75, 3.05) is 6.54 Å². The van der Waals surface area contributed by atoms with Gasteiger partial charge in [0.2, 0.25) is 0 Å². The standard InChI is InChI=1S/C10H17NO/c12-9-6-7-11-10(9)8-4-2-1-3-5-8/h8,10-11H,1-7H2. The van der Waals surface area contributed by atoms with E-state index in [9.17, 15) is 4.79 Å². The van der Waals surface area contributed by atoms with Gasteiger partial charge in [-0.2, -0.15) is 0 Å². The Morgan fingerprint density at radius 2 is 1.92 bits per heavy atom. The Morgan fingerprint density at radius 3 is 2.50 bits per heavy atom. The van der Waals surface area contributed by atoms with Crippen molar-refractivity contribution in [3.8, 4) is 0 Å². The summed E-state index contributed by atoms with van der Waals surface area (Å²) >= 11 is 0. The minimum absolute atomic E-state index is 0.227. The summed E-state index contributed by atoms with van der Waals surface area (Å²) in [5.41, 5.74) is 0. The Hall–Kier alpha value is -0.370. The van der Waals surface area contributed by atoms with Crippen LogP contribution in [0.15, 0.2) is 0 Å². The first-order chi connectivity index (χ1) is 5.88. The number of ketones is 1. The molecular weight excluding hydrogens is 150 g/mol. The highest BCUT2D eigenvalue weighted by molar-refractivity contribution is 5.86. The van der Waals surface area contributed by atoms with Gasteiger partial charge < -0.3 is 5.32 Å². The maximum Gasteiger partial charge on any atom is 0.151 e. The molecule has 1 heterocycles. The van der Waals surface area contributed by atoms with E-state index >= 15 is 0 Å². The summed E-state index contributed by atoms with van der Waals surface area (Å²) in [6, 6.07) is 0.227. The third-order valence-electron chi connectivity index (χ3n) is 3.20. The molecule has 1 saturated carbocycles. The molecule has 1 unspecified atom stereocenters. The second-order valence-electron chi connectivity index (χ2n) is 4.05. The Morgan fingerprint density at radius 1 is 1.17 bits per heavy atom. The fourth-order valence-electron chi connectivity index (χ4n) is 2.52. The summed E-state index contributed by atoms with van der Waals surface area (Å²) in [7, 11) is 0. The van der Waals surface area contributed by atoms with E-state index in [4.69, 9.17) is 0 Å². The number of rotatable bonds is 1. The number of carbonyl (C=O) groups is 1. The van der Waals surface area contributed by atoms with Gasteiger partial charge in [0.15, 0.2) is 5.78 Å². The molecule has 1 saturated heterocycles. The van der Waals surface area contributed by atoms with E-state index < -0.39 is 0 Å². The average Bonchev–Trinajstić information content (AvgIpc) is 2.53. The number of Topliss-reactive ketones (excluding diaryl/α,β-unsaturated/α-hetero) is 1. The molecule has 2 aliphatic rings. The lowest BCUT2D eigenvalue weighted by Gasteiger charge is -2.26. The fourth-order valence-corrected chi connectivity index (χ4v) is 2.52. The zero-order chi connectivity index (χ0) is 8.39. The van der Waals surface area contributed by atoms with Crippen LogP contribution < -0.4 is 5.32 Å². The van der Waals surface area contributed by atoms with Gasteiger partial charge >= 0.3 is 0 Å². The van der Waals surface area contributed by atoms with Crippen LogP contribution in [0.3, 0.4) is 0 Å². The van der Waals surface area contributed by atoms with Gasteiger partial charge in [-0.1, -0.05) is 19.3 Å². The van der Waals surface area contributed by atoms with Crippen LogP contribution in [0.1, 0.15) is 38.5 Å². The van der Waals surface area contributed by atoms with Crippen molar-refractivity contribution < 1.29 is 4.79 Å². The molecule has 0 aromatic carbocycles. The fraction of sp³-hybridized carbons (Fsp3) is 0.900. The predicted octanol–water partition coefficient (Wildman–Crippen LogP) is 1.50. The molecule has 2 nitrogen and oxygen atoms in total. The topological polar surface area (TPSA) is 29.1 Å². The first kappa shape index (κ1) is 8.24. The van der Waals surface area contributed by atoms with Crippen molar-refractivity contribution >= 4 is 5.78 Å². The van der Waals surface area contributed by atoms with Crippen molar-refractivity contribution in [1.29, 1.82) is 0 Å². The summed E-state index contributed by atoms with van der Waals surface area (Å²) in [4.78, 5) is 11.4. The maximum atomic E-state index is 11.4. The molecule has 1 aliphatic heterocycles. The molecule has 12 heavy (non-hydrogen) atoms. The summed E-state index contributed by atoms with van der Waals surface area (Å²) in [6.45, 7) is 0.917. The van der Waals surface area contributed by atoms with Gasteiger partial charge in [0.1, 0.15) is 0 Å². The van der Waals surface area contributed by atoms with Crippen molar-refractivity contribution in [3.63, 3.8) is 0 Å². The Balaban J connectivity index is 1.93. The molecule has 0 amide bonds. The lowest BCUT2D eigenvalue weighted by molar-refractivity contribution is -0.120. The van der Waals surface area contributed by atoms with Crippen molar-refractivity contribution in [1.82, 2.24) is 5.32 Å². The van der Waals surface area contributed by atoms with Crippen LogP contribution >= 0.6 is 0 Å².